The molecule has 1 aromatic carbocycles. The van der Waals surface area contributed by atoms with Gasteiger partial charge in [0.2, 0.25) is 0 Å². The van der Waals surface area contributed by atoms with E-state index in [1.54, 1.807) is 0 Å². The number of hydrogen-bond acceptors (Lipinski definition) is 1. The number of halogens is 1. The van der Waals surface area contributed by atoms with Crippen LogP contribution in [-0.2, 0) is 0 Å². The predicted molar refractivity (Wildman–Crippen MR) is 73.6 cm³/mol. The summed E-state index contributed by atoms with van der Waals surface area (Å²) < 4.78 is 1.27. The fourth-order valence-corrected chi connectivity index (χ4v) is 1.74. The van der Waals surface area contributed by atoms with Gasteiger partial charge in [0.05, 0.1) is 0 Å². The lowest BCUT2D eigenvalue weighted by atomic mass is 10.1. The highest BCUT2D eigenvalue weighted by molar-refractivity contribution is 14.1. The second kappa shape index (κ2) is 6.86. The summed E-state index contributed by atoms with van der Waals surface area (Å²) in [6.07, 6.45) is 7.09. The fraction of sp³-hybridized carbons (Fsp3) is 0.385. The molecular weight excluding hydrogens is 297 g/mol. The molecule has 1 aromatic rings. The number of nitrogens with one attached hydrogen (secondary N) is 1. The molecule has 0 aliphatic heterocycles. The van der Waals surface area contributed by atoms with E-state index in [1.165, 1.54) is 9.13 Å². The Kier molecular flexibility index (Phi) is 5.74. The van der Waals surface area contributed by atoms with Crippen LogP contribution >= 0.6 is 22.6 Å². The smallest absolute Gasteiger partial charge is 0.0291 e. The molecule has 1 nitrogen and oxygen atoms in total. The largest absolute Gasteiger partial charge is 0.310 e. The zero-order valence-corrected chi connectivity index (χ0v) is 11.1. The van der Waals surface area contributed by atoms with Crippen LogP contribution in [0, 0.1) is 15.9 Å². The molecule has 0 saturated carbocycles. The van der Waals surface area contributed by atoms with Crippen LogP contribution in [0.2, 0.25) is 0 Å². The Labute approximate surface area is 106 Å². The van der Waals surface area contributed by atoms with Crippen molar-refractivity contribution in [2.45, 2.75) is 25.8 Å². The van der Waals surface area contributed by atoms with Crippen LogP contribution in [0.4, 0.5) is 0 Å². The molecule has 0 saturated heterocycles. The van der Waals surface area contributed by atoms with Gasteiger partial charge in [0.1, 0.15) is 0 Å². The maximum Gasteiger partial charge on any atom is 0.0291 e. The van der Waals surface area contributed by atoms with Gasteiger partial charge in [-0.25, -0.2) is 0 Å². The van der Waals surface area contributed by atoms with Gasteiger partial charge in [0.25, 0.3) is 0 Å². The highest BCUT2D eigenvalue weighted by Gasteiger charge is 2.02. The third-order valence-corrected chi connectivity index (χ3v) is 3.04. The summed E-state index contributed by atoms with van der Waals surface area (Å²) in [6.45, 7) is 3.16. The minimum atomic E-state index is 0.403. The van der Waals surface area contributed by atoms with E-state index in [-0.39, 0.29) is 0 Å². The maximum atomic E-state index is 5.19. The third-order valence-electron chi connectivity index (χ3n) is 2.32. The third kappa shape index (κ3) is 4.67. The van der Waals surface area contributed by atoms with Crippen molar-refractivity contribution in [3.05, 3.63) is 33.4 Å². The molecule has 0 aliphatic carbocycles. The Morgan fingerprint density at radius 1 is 1.40 bits per heavy atom. The molecule has 0 aromatic heterocycles. The molecule has 1 atom stereocenters. The second-order valence-corrected chi connectivity index (χ2v) is 4.78. The van der Waals surface area contributed by atoms with E-state index in [0.29, 0.717) is 6.04 Å². The van der Waals surface area contributed by atoms with E-state index in [9.17, 15) is 0 Å². The Hall–Kier alpha value is -0.530. The van der Waals surface area contributed by atoms with Crippen molar-refractivity contribution in [2.75, 3.05) is 6.54 Å². The van der Waals surface area contributed by atoms with Crippen LogP contribution in [0.1, 0.15) is 31.4 Å². The first-order valence-corrected chi connectivity index (χ1v) is 6.24. The summed E-state index contributed by atoms with van der Waals surface area (Å²) in [4.78, 5) is 0. The van der Waals surface area contributed by atoms with E-state index in [2.05, 4.69) is 65.0 Å². The van der Waals surface area contributed by atoms with Gasteiger partial charge >= 0.3 is 0 Å². The lowest BCUT2D eigenvalue weighted by Crippen LogP contribution is -2.19. The van der Waals surface area contributed by atoms with Gasteiger partial charge in [0.15, 0.2) is 0 Å². The van der Waals surface area contributed by atoms with Gasteiger partial charge in [-0.3, -0.25) is 0 Å². The first kappa shape index (κ1) is 12.5. The summed E-state index contributed by atoms with van der Waals surface area (Å²) in [5.74, 6) is 2.65. The number of benzene rings is 1. The van der Waals surface area contributed by atoms with Gasteiger partial charge in [-0.1, -0.05) is 12.1 Å². The minimum absolute atomic E-state index is 0.403. The lowest BCUT2D eigenvalue weighted by Gasteiger charge is -2.13. The van der Waals surface area contributed by atoms with Gasteiger partial charge in [-0.05, 0) is 60.2 Å². The quantitative estimate of drug-likeness (QED) is 0.499. The average molecular weight is 313 g/mol. The Balaban J connectivity index is 2.37. The number of terminal acetylenes is 1. The molecule has 0 amide bonds. The molecule has 15 heavy (non-hydrogen) atoms. The van der Waals surface area contributed by atoms with Crippen LogP contribution in [0.25, 0.3) is 0 Å². The average Bonchev–Trinajstić information content (AvgIpc) is 2.25. The fourth-order valence-electron chi connectivity index (χ4n) is 1.38. The van der Waals surface area contributed by atoms with E-state index >= 15 is 0 Å². The maximum absolute atomic E-state index is 5.19. The summed E-state index contributed by atoms with van der Waals surface area (Å²) >= 11 is 2.32. The molecule has 1 unspecified atom stereocenters. The van der Waals surface area contributed by atoms with Crippen LogP contribution < -0.4 is 5.32 Å². The Bertz CT molecular complexity index is 323. The minimum Gasteiger partial charge on any atom is -0.310 e. The molecule has 1 N–H and O–H groups in total. The van der Waals surface area contributed by atoms with Crippen molar-refractivity contribution in [3.63, 3.8) is 0 Å². The van der Waals surface area contributed by atoms with Crippen LogP contribution in [0.5, 0.6) is 0 Å². The van der Waals surface area contributed by atoms with Crippen molar-refractivity contribution < 1.29 is 0 Å². The zero-order valence-electron chi connectivity index (χ0n) is 8.96. The molecule has 0 aliphatic rings. The van der Waals surface area contributed by atoms with E-state index in [0.717, 1.165) is 19.4 Å². The first-order chi connectivity index (χ1) is 7.24. The molecule has 0 spiro atoms. The van der Waals surface area contributed by atoms with Crippen molar-refractivity contribution in [3.8, 4) is 12.3 Å². The standard InChI is InChI=1S/C13H16IN/c1-3-4-5-10-15-11(2)12-6-8-13(14)9-7-12/h1,6-9,11,15H,4-5,10H2,2H3. The molecule has 0 fully saturated rings. The molecular formula is C13H16IN. The van der Waals surface area contributed by atoms with Gasteiger partial charge in [-0.2, -0.15) is 0 Å². The Morgan fingerprint density at radius 3 is 2.67 bits per heavy atom. The summed E-state index contributed by atoms with van der Waals surface area (Å²) in [5.41, 5.74) is 1.33. The topological polar surface area (TPSA) is 12.0 Å². The van der Waals surface area contributed by atoms with Crippen LogP contribution in [0.3, 0.4) is 0 Å². The van der Waals surface area contributed by atoms with E-state index in [1.807, 2.05) is 0 Å². The van der Waals surface area contributed by atoms with Crippen LogP contribution in [-0.4, -0.2) is 6.54 Å². The number of unbranched alkanes of at least 4 members (excludes halogenated alkanes) is 1. The lowest BCUT2D eigenvalue weighted by molar-refractivity contribution is 0.562. The molecule has 2 heteroatoms. The summed E-state index contributed by atoms with van der Waals surface area (Å²) in [5, 5.41) is 3.46. The normalized spacial score (nSPS) is 12.1. The SMILES string of the molecule is C#CCCCNC(C)c1ccc(I)cc1. The molecule has 0 bridgehead atoms. The Morgan fingerprint density at radius 2 is 2.07 bits per heavy atom. The molecule has 1 rings (SSSR count). The number of rotatable bonds is 5. The first-order valence-electron chi connectivity index (χ1n) is 5.16. The van der Waals surface area contributed by atoms with E-state index in [4.69, 9.17) is 6.42 Å². The van der Waals surface area contributed by atoms with Gasteiger partial charge in [0, 0.05) is 16.0 Å². The zero-order chi connectivity index (χ0) is 11.1. The highest BCUT2D eigenvalue weighted by atomic mass is 127. The predicted octanol–water partition coefficient (Wildman–Crippen LogP) is 3.36. The van der Waals surface area contributed by atoms with Gasteiger partial charge < -0.3 is 5.32 Å². The van der Waals surface area contributed by atoms with Gasteiger partial charge in [-0.15, -0.1) is 12.3 Å². The summed E-state index contributed by atoms with van der Waals surface area (Å²) in [6, 6.07) is 9.01. The molecule has 0 radical (unpaired) electrons. The summed E-state index contributed by atoms with van der Waals surface area (Å²) in [7, 11) is 0. The van der Waals surface area contributed by atoms with Crippen LogP contribution in [0.15, 0.2) is 24.3 Å². The van der Waals surface area contributed by atoms with Crippen molar-refractivity contribution >= 4 is 22.6 Å². The molecule has 0 heterocycles. The van der Waals surface area contributed by atoms with Crippen molar-refractivity contribution in [2.24, 2.45) is 0 Å². The second-order valence-electron chi connectivity index (χ2n) is 3.54. The highest BCUT2D eigenvalue weighted by Crippen LogP contribution is 2.14. The molecule has 80 valence electrons. The van der Waals surface area contributed by atoms with Crippen molar-refractivity contribution in [1.29, 1.82) is 0 Å². The van der Waals surface area contributed by atoms with Crippen molar-refractivity contribution in [1.82, 2.24) is 5.32 Å². The number of hydrogen-bond donors (Lipinski definition) is 1. The monoisotopic (exact) mass is 313 g/mol. The van der Waals surface area contributed by atoms with E-state index < -0.39 is 0 Å².